The smallest absolute Gasteiger partial charge is 0.0364 e. The van der Waals surface area contributed by atoms with Crippen LogP contribution in [0.3, 0.4) is 0 Å². The monoisotopic (exact) mass is 165 g/mol. The molecule has 0 aromatic carbocycles. The molecule has 1 aliphatic carbocycles. The van der Waals surface area contributed by atoms with Crippen LogP contribution in [-0.2, 0) is 0 Å². The SMILES string of the molecule is CC/N=C1/C=C(C)CC(C)(C)C1. The van der Waals surface area contributed by atoms with E-state index in [0.29, 0.717) is 5.41 Å². The van der Waals surface area contributed by atoms with Gasteiger partial charge in [0.2, 0.25) is 0 Å². The summed E-state index contributed by atoms with van der Waals surface area (Å²) in [7, 11) is 0. The molecule has 12 heavy (non-hydrogen) atoms. The molecule has 0 unspecified atom stereocenters. The minimum Gasteiger partial charge on any atom is -0.290 e. The molecule has 0 N–H and O–H groups in total. The maximum atomic E-state index is 4.47. The Kier molecular flexibility index (Phi) is 2.71. The summed E-state index contributed by atoms with van der Waals surface area (Å²) in [4.78, 5) is 4.47. The number of allylic oxidation sites excluding steroid dienone is 2. The van der Waals surface area contributed by atoms with Crippen molar-refractivity contribution in [2.75, 3.05) is 6.54 Å². The number of rotatable bonds is 1. The van der Waals surface area contributed by atoms with Gasteiger partial charge in [-0.1, -0.05) is 19.4 Å². The Morgan fingerprint density at radius 3 is 2.58 bits per heavy atom. The first kappa shape index (κ1) is 9.50. The predicted octanol–water partition coefficient (Wildman–Crippen LogP) is 3.21. The van der Waals surface area contributed by atoms with Crippen molar-refractivity contribution in [3.05, 3.63) is 11.6 Å². The largest absolute Gasteiger partial charge is 0.290 e. The van der Waals surface area contributed by atoms with Crippen LogP contribution in [-0.4, -0.2) is 12.3 Å². The van der Waals surface area contributed by atoms with Gasteiger partial charge in [0.25, 0.3) is 0 Å². The van der Waals surface area contributed by atoms with Gasteiger partial charge in [0.1, 0.15) is 0 Å². The Bertz CT molecular complexity index is 221. The molecule has 1 rings (SSSR count). The minimum absolute atomic E-state index is 0.423. The zero-order valence-electron chi connectivity index (χ0n) is 8.65. The molecule has 1 nitrogen and oxygen atoms in total. The van der Waals surface area contributed by atoms with Gasteiger partial charge in [0, 0.05) is 12.3 Å². The van der Waals surface area contributed by atoms with E-state index >= 15 is 0 Å². The second-order valence-electron chi connectivity index (χ2n) is 4.47. The van der Waals surface area contributed by atoms with Gasteiger partial charge in [-0.2, -0.15) is 0 Å². The molecule has 0 saturated carbocycles. The molecule has 1 aliphatic rings. The zero-order valence-corrected chi connectivity index (χ0v) is 8.65. The fraction of sp³-hybridized carbons (Fsp3) is 0.727. The number of hydrogen-bond acceptors (Lipinski definition) is 1. The molecule has 0 atom stereocenters. The second-order valence-corrected chi connectivity index (χ2v) is 4.47. The first-order chi connectivity index (χ1) is 5.53. The number of hydrogen-bond donors (Lipinski definition) is 0. The van der Waals surface area contributed by atoms with Crippen molar-refractivity contribution in [2.45, 2.75) is 40.5 Å². The summed E-state index contributed by atoms with van der Waals surface area (Å²) >= 11 is 0. The zero-order chi connectivity index (χ0) is 9.19. The maximum Gasteiger partial charge on any atom is 0.0364 e. The van der Waals surface area contributed by atoms with Gasteiger partial charge in [-0.15, -0.1) is 0 Å². The van der Waals surface area contributed by atoms with E-state index in [1.54, 1.807) is 0 Å². The fourth-order valence-electron chi connectivity index (χ4n) is 2.00. The van der Waals surface area contributed by atoms with Crippen molar-refractivity contribution in [3.8, 4) is 0 Å². The van der Waals surface area contributed by atoms with E-state index in [-0.39, 0.29) is 0 Å². The molecule has 68 valence electrons. The van der Waals surface area contributed by atoms with E-state index in [9.17, 15) is 0 Å². The minimum atomic E-state index is 0.423. The summed E-state index contributed by atoms with van der Waals surface area (Å²) in [6.07, 6.45) is 4.60. The second kappa shape index (κ2) is 3.42. The van der Waals surface area contributed by atoms with E-state index in [1.807, 2.05) is 0 Å². The Morgan fingerprint density at radius 2 is 2.08 bits per heavy atom. The molecular weight excluding hydrogens is 146 g/mol. The van der Waals surface area contributed by atoms with Crippen LogP contribution in [0.1, 0.15) is 40.5 Å². The molecular formula is C11H19N. The lowest BCUT2D eigenvalue weighted by molar-refractivity contribution is 0.373. The lowest BCUT2D eigenvalue weighted by Crippen LogP contribution is -2.21. The molecule has 0 aliphatic heterocycles. The average molecular weight is 165 g/mol. The van der Waals surface area contributed by atoms with Crippen LogP contribution < -0.4 is 0 Å². The molecule has 0 heterocycles. The van der Waals surface area contributed by atoms with Crippen LogP contribution in [0, 0.1) is 5.41 Å². The van der Waals surface area contributed by atoms with Crippen LogP contribution in [0.4, 0.5) is 0 Å². The molecule has 1 heteroatoms. The van der Waals surface area contributed by atoms with E-state index < -0.39 is 0 Å². The summed E-state index contributed by atoms with van der Waals surface area (Å²) in [6, 6.07) is 0. The molecule has 0 saturated heterocycles. The summed E-state index contributed by atoms with van der Waals surface area (Å²) in [5, 5.41) is 0. The Hall–Kier alpha value is -0.590. The highest BCUT2D eigenvalue weighted by molar-refractivity contribution is 5.96. The molecule has 0 spiro atoms. The topological polar surface area (TPSA) is 12.4 Å². The van der Waals surface area contributed by atoms with Gasteiger partial charge >= 0.3 is 0 Å². The van der Waals surface area contributed by atoms with Gasteiger partial charge in [0.15, 0.2) is 0 Å². The van der Waals surface area contributed by atoms with Gasteiger partial charge in [-0.05, 0) is 38.2 Å². The van der Waals surface area contributed by atoms with E-state index in [2.05, 4.69) is 38.8 Å². The van der Waals surface area contributed by atoms with Crippen LogP contribution in [0.25, 0.3) is 0 Å². The Morgan fingerprint density at radius 1 is 1.42 bits per heavy atom. The first-order valence-electron chi connectivity index (χ1n) is 4.74. The quantitative estimate of drug-likeness (QED) is 0.565. The van der Waals surface area contributed by atoms with Gasteiger partial charge in [-0.3, -0.25) is 4.99 Å². The Balaban J connectivity index is 2.81. The van der Waals surface area contributed by atoms with Gasteiger partial charge in [0.05, 0.1) is 0 Å². The highest BCUT2D eigenvalue weighted by Crippen LogP contribution is 2.33. The lowest BCUT2D eigenvalue weighted by Gasteiger charge is -2.29. The van der Waals surface area contributed by atoms with Crippen molar-refractivity contribution >= 4 is 5.71 Å². The van der Waals surface area contributed by atoms with Crippen molar-refractivity contribution in [2.24, 2.45) is 10.4 Å². The summed E-state index contributed by atoms with van der Waals surface area (Å²) in [5.74, 6) is 0. The molecule has 0 aromatic rings. The highest BCUT2D eigenvalue weighted by Gasteiger charge is 2.24. The molecule has 0 fully saturated rings. The van der Waals surface area contributed by atoms with Crippen molar-refractivity contribution in [1.82, 2.24) is 0 Å². The lowest BCUT2D eigenvalue weighted by atomic mass is 9.77. The first-order valence-corrected chi connectivity index (χ1v) is 4.74. The van der Waals surface area contributed by atoms with Crippen LogP contribution in [0.15, 0.2) is 16.6 Å². The van der Waals surface area contributed by atoms with Crippen LogP contribution >= 0.6 is 0 Å². The van der Waals surface area contributed by atoms with E-state index in [1.165, 1.54) is 17.7 Å². The van der Waals surface area contributed by atoms with E-state index in [0.717, 1.165) is 13.0 Å². The van der Waals surface area contributed by atoms with Crippen molar-refractivity contribution < 1.29 is 0 Å². The molecule has 0 bridgehead atoms. The standard InChI is InChI=1S/C11H19N/c1-5-12-10-6-9(2)7-11(3,4)8-10/h6H,5,7-8H2,1-4H3/b12-10-. The normalized spacial score (nSPS) is 25.7. The van der Waals surface area contributed by atoms with Crippen LogP contribution in [0.5, 0.6) is 0 Å². The highest BCUT2D eigenvalue weighted by atomic mass is 14.7. The third-order valence-electron chi connectivity index (χ3n) is 2.19. The summed E-state index contributed by atoms with van der Waals surface area (Å²) in [5.41, 5.74) is 3.18. The molecule has 0 aromatic heterocycles. The van der Waals surface area contributed by atoms with E-state index in [4.69, 9.17) is 0 Å². The third kappa shape index (κ3) is 2.47. The van der Waals surface area contributed by atoms with Crippen molar-refractivity contribution in [1.29, 1.82) is 0 Å². The van der Waals surface area contributed by atoms with Gasteiger partial charge in [-0.25, -0.2) is 0 Å². The van der Waals surface area contributed by atoms with Gasteiger partial charge < -0.3 is 0 Å². The molecule has 0 radical (unpaired) electrons. The average Bonchev–Trinajstić information content (AvgIpc) is 1.82. The number of nitrogens with zero attached hydrogens (tertiary/aromatic N) is 1. The number of aliphatic imine (C=N–C) groups is 1. The summed E-state index contributed by atoms with van der Waals surface area (Å²) in [6.45, 7) is 9.84. The van der Waals surface area contributed by atoms with Crippen LogP contribution in [0.2, 0.25) is 0 Å². The summed E-state index contributed by atoms with van der Waals surface area (Å²) < 4.78 is 0. The van der Waals surface area contributed by atoms with Crippen molar-refractivity contribution in [3.63, 3.8) is 0 Å². The molecule has 0 amide bonds. The fourth-order valence-corrected chi connectivity index (χ4v) is 2.00. The predicted molar refractivity (Wildman–Crippen MR) is 54.7 cm³/mol. The maximum absolute atomic E-state index is 4.47. The third-order valence-corrected chi connectivity index (χ3v) is 2.19. The Labute approximate surface area is 75.6 Å².